The smallest absolute Gasteiger partial charge is 0.326 e. The van der Waals surface area contributed by atoms with Gasteiger partial charge in [0.15, 0.2) is 0 Å². The average molecular weight is 273 g/mol. The first-order valence-electron chi connectivity index (χ1n) is 6.37. The fraction of sp³-hybridized carbons (Fsp3) is 0.750. The summed E-state index contributed by atoms with van der Waals surface area (Å²) in [6.07, 6.45) is 1.68. The fourth-order valence-electron chi connectivity index (χ4n) is 1.62. The van der Waals surface area contributed by atoms with Gasteiger partial charge in [0.1, 0.15) is 6.04 Å². The zero-order valence-electron chi connectivity index (χ0n) is 11.2. The van der Waals surface area contributed by atoms with Crippen molar-refractivity contribution in [1.29, 1.82) is 0 Å². The van der Waals surface area contributed by atoms with E-state index in [1.54, 1.807) is 0 Å². The highest BCUT2D eigenvalue weighted by Crippen LogP contribution is 2.09. The second-order valence-corrected chi connectivity index (χ2v) is 4.68. The van der Waals surface area contributed by atoms with Gasteiger partial charge in [-0.1, -0.05) is 6.92 Å². The van der Waals surface area contributed by atoms with E-state index in [-0.39, 0.29) is 25.2 Å². The largest absolute Gasteiger partial charge is 0.480 e. The molecule has 0 aliphatic carbocycles. The van der Waals surface area contributed by atoms with Gasteiger partial charge in [-0.3, -0.25) is 9.59 Å². The Morgan fingerprint density at radius 1 is 1.16 bits per heavy atom. The molecule has 19 heavy (non-hydrogen) atoms. The SMILES string of the molecule is CC(CCN)CCC(=O)N[C@H](CCC(N)=O)C(=O)O. The lowest BCUT2D eigenvalue weighted by Crippen LogP contribution is -2.41. The summed E-state index contributed by atoms with van der Waals surface area (Å²) in [6, 6.07) is -1.06. The molecular weight excluding hydrogens is 250 g/mol. The summed E-state index contributed by atoms with van der Waals surface area (Å²) in [7, 11) is 0. The van der Waals surface area contributed by atoms with Crippen LogP contribution in [0.15, 0.2) is 0 Å². The van der Waals surface area contributed by atoms with E-state index >= 15 is 0 Å². The quantitative estimate of drug-likeness (QED) is 0.429. The number of carbonyl (C=O) groups is 3. The van der Waals surface area contributed by atoms with Gasteiger partial charge in [0.2, 0.25) is 11.8 Å². The Bertz CT molecular complexity index is 320. The molecule has 0 bridgehead atoms. The number of nitrogens with two attached hydrogens (primary N) is 2. The van der Waals surface area contributed by atoms with Crippen LogP contribution in [0.3, 0.4) is 0 Å². The van der Waals surface area contributed by atoms with Crippen LogP contribution in [-0.4, -0.2) is 35.5 Å². The number of nitrogens with one attached hydrogen (secondary N) is 1. The normalized spacial score (nSPS) is 13.6. The minimum absolute atomic E-state index is 0.00869. The molecule has 0 aromatic rings. The Kier molecular flexibility index (Phi) is 8.52. The van der Waals surface area contributed by atoms with Gasteiger partial charge in [-0.2, -0.15) is 0 Å². The van der Waals surface area contributed by atoms with Crippen molar-refractivity contribution in [3.8, 4) is 0 Å². The molecule has 0 heterocycles. The third-order valence-corrected chi connectivity index (χ3v) is 2.84. The molecule has 1 unspecified atom stereocenters. The van der Waals surface area contributed by atoms with E-state index in [1.165, 1.54) is 0 Å². The van der Waals surface area contributed by atoms with Crippen LogP contribution in [0.4, 0.5) is 0 Å². The van der Waals surface area contributed by atoms with E-state index in [4.69, 9.17) is 16.6 Å². The van der Waals surface area contributed by atoms with Crippen LogP contribution in [0.25, 0.3) is 0 Å². The highest BCUT2D eigenvalue weighted by molar-refractivity contribution is 5.84. The second-order valence-electron chi connectivity index (χ2n) is 4.68. The fourth-order valence-corrected chi connectivity index (χ4v) is 1.62. The summed E-state index contributed by atoms with van der Waals surface area (Å²) >= 11 is 0. The zero-order chi connectivity index (χ0) is 14.8. The monoisotopic (exact) mass is 273 g/mol. The van der Waals surface area contributed by atoms with Crippen LogP contribution in [0.1, 0.15) is 39.0 Å². The van der Waals surface area contributed by atoms with Crippen molar-refractivity contribution in [2.75, 3.05) is 6.54 Å². The van der Waals surface area contributed by atoms with Crippen molar-refractivity contribution in [3.05, 3.63) is 0 Å². The van der Waals surface area contributed by atoms with E-state index in [0.717, 1.165) is 6.42 Å². The molecule has 110 valence electrons. The summed E-state index contributed by atoms with van der Waals surface area (Å²) < 4.78 is 0. The standard InChI is InChI=1S/C12H23N3O4/c1-8(6-7-13)2-5-11(17)15-9(12(18)19)3-4-10(14)16/h8-9H,2-7,13H2,1H3,(H2,14,16)(H,15,17)(H,18,19)/t8?,9-/m1/s1. The maximum atomic E-state index is 11.6. The summed E-state index contributed by atoms with van der Waals surface area (Å²) in [6.45, 7) is 2.56. The van der Waals surface area contributed by atoms with Gasteiger partial charge in [-0.25, -0.2) is 4.79 Å². The number of hydrogen-bond acceptors (Lipinski definition) is 4. The van der Waals surface area contributed by atoms with E-state index in [0.29, 0.717) is 18.9 Å². The molecule has 2 atom stereocenters. The molecule has 0 radical (unpaired) electrons. The maximum absolute atomic E-state index is 11.6. The molecule has 0 aromatic carbocycles. The Labute approximate surface area is 112 Å². The van der Waals surface area contributed by atoms with Crippen LogP contribution in [-0.2, 0) is 14.4 Å². The van der Waals surface area contributed by atoms with Gasteiger partial charge < -0.3 is 21.9 Å². The molecular formula is C12H23N3O4. The molecule has 7 heteroatoms. The zero-order valence-corrected chi connectivity index (χ0v) is 11.2. The van der Waals surface area contributed by atoms with Crippen LogP contribution in [0, 0.1) is 5.92 Å². The van der Waals surface area contributed by atoms with Crippen molar-refractivity contribution >= 4 is 17.8 Å². The molecule has 6 N–H and O–H groups in total. The molecule has 0 aliphatic rings. The van der Waals surface area contributed by atoms with Crippen molar-refractivity contribution in [3.63, 3.8) is 0 Å². The van der Waals surface area contributed by atoms with Gasteiger partial charge in [-0.05, 0) is 31.7 Å². The Morgan fingerprint density at radius 2 is 1.79 bits per heavy atom. The molecule has 0 saturated carbocycles. The number of aliphatic carboxylic acids is 1. The highest BCUT2D eigenvalue weighted by atomic mass is 16.4. The molecule has 0 aromatic heterocycles. The molecule has 0 spiro atoms. The average Bonchev–Trinajstić information content (AvgIpc) is 2.31. The van der Waals surface area contributed by atoms with E-state index < -0.39 is 17.9 Å². The van der Waals surface area contributed by atoms with Crippen LogP contribution >= 0.6 is 0 Å². The highest BCUT2D eigenvalue weighted by Gasteiger charge is 2.20. The Hall–Kier alpha value is -1.63. The predicted molar refractivity (Wildman–Crippen MR) is 70.1 cm³/mol. The van der Waals surface area contributed by atoms with E-state index in [9.17, 15) is 14.4 Å². The predicted octanol–water partition coefficient (Wildman–Crippen LogP) is -0.414. The van der Waals surface area contributed by atoms with Gasteiger partial charge in [0.05, 0.1) is 0 Å². The first kappa shape index (κ1) is 17.4. The number of carbonyl (C=O) groups excluding carboxylic acids is 2. The second kappa shape index (κ2) is 9.32. The topological polar surface area (TPSA) is 136 Å². The summed E-state index contributed by atoms with van der Waals surface area (Å²) in [4.78, 5) is 33.1. The molecule has 0 fully saturated rings. The van der Waals surface area contributed by atoms with Crippen LogP contribution in [0.5, 0.6) is 0 Å². The molecule has 2 amide bonds. The molecule has 7 nitrogen and oxygen atoms in total. The summed E-state index contributed by atoms with van der Waals surface area (Å²) in [5.74, 6) is -1.76. The summed E-state index contributed by atoms with van der Waals surface area (Å²) in [5, 5.41) is 11.3. The maximum Gasteiger partial charge on any atom is 0.326 e. The lowest BCUT2D eigenvalue weighted by Gasteiger charge is -2.15. The lowest BCUT2D eigenvalue weighted by molar-refractivity contribution is -0.142. The minimum Gasteiger partial charge on any atom is -0.480 e. The van der Waals surface area contributed by atoms with Crippen LogP contribution in [0.2, 0.25) is 0 Å². The molecule has 0 aliphatic heterocycles. The van der Waals surface area contributed by atoms with E-state index in [2.05, 4.69) is 5.32 Å². The van der Waals surface area contributed by atoms with Gasteiger partial charge in [0, 0.05) is 12.8 Å². The van der Waals surface area contributed by atoms with Crippen molar-refractivity contribution in [2.45, 2.75) is 45.1 Å². The number of amides is 2. The van der Waals surface area contributed by atoms with Crippen molar-refractivity contribution < 1.29 is 19.5 Å². The lowest BCUT2D eigenvalue weighted by atomic mass is 10.0. The molecule has 0 rings (SSSR count). The van der Waals surface area contributed by atoms with E-state index in [1.807, 2.05) is 6.92 Å². The number of carboxylic acid groups (broad SMARTS) is 1. The van der Waals surface area contributed by atoms with Gasteiger partial charge in [-0.15, -0.1) is 0 Å². The Morgan fingerprint density at radius 3 is 2.26 bits per heavy atom. The summed E-state index contributed by atoms with van der Waals surface area (Å²) in [5.41, 5.74) is 10.3. The van der Waals surface area contributed by atoms with Gasteiger partial charge >= 0.3 is 5.97 Å². The number of hydrogen-bond donors (Lipinski definition) is 4. The third-order valence-electron chi connectivity index (χ3n) is 2.84. The number of primary amides is 1. The first-order valence-corrected chi connectivity index (χ1v) is 6.37. The van der Waals surface area contributed by atoms with Crippen LogP contribution < -0.4 is 16.8 Å². The number of carboxylic acids is 1. The third kappa shape index (κ3) is 9.01. The van der Waals surface area contributed by atoms with Crippen molar-refractivity contribution in [2.24, 2.45) is 17.4 Å². The molecule has 0 saturated heterocycles. The first-order chi connectivity index (χ1) is 8.86. The van der Waals surface area contributed by atoms with Crippen molar-refractivity contribution in [1.82, 2.24) is 5.32 Å². The van der Waals surface area contributed by atoms with Gasteiger partial charge in [0.25, 0.3) is 0 Å². The Balaban J connectivity index is 4.10. The minimum atomic E-state index is -1.16. The number of rotatable bonds is 10.